The minimum atomic E-state index is -3.77. The van der Waals surface area contributed by atoms with Gasteiger partial charge in [-0.3, -0.25) is 4.79 Å². The minimum absolute atomic E-state index is 0.00650. The summed E-state index contributed by atoms with van der Waals surface area (Å²) in [6.07, 6.45) is 4.51. The van der Waals surface area contributed by atoms with Gasteiger partial charge in [-0.25, -0.2) is 8.42 Å². The van der Waals surface area contributed by atoms with E-state index in [9.17, 15) is 13.2 Å². The van der Waals surface area contributed by atoms with Crippen molar-refractivity contribution in [3.8, 4) is 5.75 Å². The Bertz CT molecular complexity index is 1080. The van der Waals surface area contributed by atoms with E-state index in [1.165, 1.54) is 24.3 Å². The fourth-order valence-corrected chi connectivity index (χ4v) is 6.73. The highest BCUT2D eigenvalue weighted by Gasteiger charge is 2.35. The number of amides is 1. The average molecular weight is 443 g/mol. The number of sulfonamides is 1. The van der Waals surface area contributed by atoms with Gasteiger partial charge in [-0.1, -0.05) is 30.7 Å². The molecule has 1 amide bonds. The van der Waals surface area contributed by atoms with Crippen LogP contribution < -0.4 is 4.74 Å². The molecular weight excluding hydrogens is 412 g/mol. The molecule has 6 nitrogen and oxygen atoms in total. The Morgan fingerprint density at radius 1 is 1.13 bits per heavy atom. The monoisotopic (exact) mass is 442 g/mol. The van der Waals surface area contributed by atoms with Gasteiger partial charge in [-0.15, -0.1) is 0 Å². The number of hydrogen-bond donors (Lipinski definition) is 0. The van der Waals surface area contributed by atoms with Crippen LogP contribution in [0.25, 0.3) is 0 Å². The molecule has 0 radical (unpaired) electrons. The van der Waals surface area contributed by atoms with Gasteiger partial charge in [0.2, 0.25) is 10.0 Å². The second kappa shape index (κ2) is 8.63. The normalized spacial score (nSPS) is 21.5. The number of carbonyl (C=O) groups is 1. The number of ether oxygens (including phenoxy) is 1. The minimum Gasteiger partial charge on any atom is -0.495 e. The SMILES string of the molecule is COc1ccc(C(=O)N(C)C2CCc3ccccc32)cc1S(=O)(=O)N1CCCCC1C. The fourth-order valence-electron chi connectivity index (χ4n) is 4.85. The number of nitrogens with zero attached hydrogens (tertiary/aromatic N) is 2. The lowest BCUT2D eigenvalue weighted by Crippen LogP contribution is -2.42. The van der Waals surface area contributed by atoms with Crippen LogP contribution >= 0.6 is 0 Å². The van der Waals surface area contributed by atoms with Crippen LogP contribution in [0.4, 0.5) is 0 Å². The number of benzene rings is 2. The summed E-state index contributed by atoms with van der Waals surface area (Å²) in [4.78, 5) is 15.1. The molecule has 0 spiro atoms. The number of methoxy groups -OCH3 is 1. The van der Waals surface area contributed by atoms with Crippen molar-refractivity contribution in [3.63, 3.8) is 0 Å². The third kappa shape index (κ3) is 3.96. The zero-order valence-electron chi connectivity index (χ0n) is 18.4. The van der Waals surface area contributed by atoms with Gasteiger partial charge in [0.15, 0.2) is 0 Å². The molecule has 0 aromatic heterocycles. The maximum atomic E-state index is 13.5. The maximum Gasteiger partial charge on any atom is 0.254 e. The van der Waals surface area contributed by atoms with E-state index >= 15 is 0 Å². The fraction of sp³-hybridized carbons (Fsp3) is 0.458. The zero-order valence-corrected chi connectivity index (χ0v) is 19.2. The summed E-state index contributed by atoms with van der Waals surface area (Å²) in [6.45, 7) is 2.42. The third-order valence-corrected chi connectivity index (χ3v) is 8.66. The lowest BCUT2D eigenvalue weighted by molar-refractivity contribution is 0.0730. The first-order valence-corrected chi connectivity index (χ1v) is 12.3. The molecule has 1 heterocycles. The van der Waals surface area contributed by atoms with Crippen molar-refractivity contribution in [2.24, 2.45) is 0 Å². The molecule has 1 fully saturated rings. The van der Waals surface area contributed by atoms with Crippen LogP contribution in [0.15, 0.2) is 47.4 Å². The first-order chi connectivity index (χ1) is 14.8. The van der Waals surface area contributed by atoms with Gasteiger partial charge in [0, 0.05) is 25.2 Å². The van der Waals surface area contributed by atoms with Gasteiger partial charge in [-0.05, 0) is 61.9 Å². The molecule has 1 aliphatic heterocycles. The summed E-state index contributed by atoms with van der Waals surface area (Å²) < 4.78 is 33.8. The van der Waals surface area contributed by atoms with Gasteiger partial charge in [-0.2, -0.15) is 4.31 Å². The summed E-state index contributed by atoms with van der Waals surface area (Å²) in [5.41, 5.74) is 2.79. The van der Waals surface area contributed by atoms with Gasteiger partial charge in [0.25, 0.3) is 5.91 Å². The van der Waals surface area contributed by atoms with E-state index in [2.05, 4.69) is 12.1 Å². The molecule has 0 saturated carbocycles. The van der Waals surface area contributed by atoms with Gasteiger partial charge in [0.05, 0.1) is 13.2 Å². The van der Waals surface area contributed by atoms with Crippen molar-refractivity contribution in [1.29, 1.82) is 0 Å². The molecule has 2 aliphatic rings. The van der Waals surface area contributed by atoms with E-state index in [0.29, 0.717) is 12.1 Å². The maximum absolute atomic E-state index is 13.5. The van der Waals surface area contributed by atoms with Crippen molar-refractivity contribution in [2.75, 3.05) is 20.7 Å². The van der Waals surface area contributed by atoms with Crippen molar-refractivity contribution < 1.29 is 17.9 Å². The number of rotatable bonds is 5. The first-order valence-electron chi connectivity index (χ1n) is 10.9. The highest BCUT2D eigenvalue weighted by atomic mass is 32.2. The van der Waals surface area contributed by atoms with Crippen LogP contribution in [0, 0.1) is 0 Å². The predicted octanol–water partition coefficient (Wildman–Crippen LogP) is 4.02. The van der Waals surface area contributed by atoms with Crippen molar-refractivity contribution >= 4 is 15.9 Å². The van der Waals surface area contributed by atoms with Crippen LogP contribution in [0.3, 0.4) is 0 Å². The molecule has 2 unspecified atom stereocenters. The van der Waals surface area contributed by atoms with E-state index in [1.807, 2.05) is 19.1 Å². The van der Waals surface area contributed by atoms with E-state index in [0.717, 1.165) is 32.1 Å². The summed E-state index contributed by atoms with van der Waals surface area (Å²) in [5, 5.41) is 0. The Hall–Kier alpha value is -2.38. The molecule has 1 saturated heterocycles. The van der Waals surface area contributed by atoms with Crippen LogP contribution in [0.5, 0.6) is 5.75 Å². The molecule has 31 heavy (non-hydrogen) atoms. The average Bonchev–Trinajstić information content (AvgIpc) is 3.22. The van der Waals surface area contributed by atoms with E-state index in [1.54, 1.807) is 28.4 Å². The lowest BCUT2D eigenvalue weighted by atomic mass is 10.1. The highest BCUT2D eigenvalue weighted by Crippen LogP contribution is 2.36. The largest absolute Gasteiger partial charge is 0.495 e. The lowest BCUT2D eigenvalue weighted by Gasteiger charge is -2.32. The Labute approximate surface area is 184 Å². The van der Waals surface area contributed by atoms with Crippen molar-refractivity contribution in [2.45, 2.75) is 56.0 Å². The van der Waals surface area contributed by atoms with Crippen LogP contribution in [-0.4, -0.2) is 50.3 Å². The quantitative estimate of drug-likeness (QED) is 0.702. The summed E-state index contributed by atoms with van der Waals surface area (Å²) in [5.74, 6) is 0.0793. The standard InChI is InChI=1S/C24H30N2O4S/c1-17-8-6-7-15-26(17)31(28,29)23-16-19(12-14-22(23)30-3)24(27)25(2)21-13-11-18-9-4-5-10-20(18)21/h4-5,9-10,12,14,16-17,21H,6-8,11,13,15H2,1-3H3. The number of aryl methyl sites for hydroxylation is 1. The molecule has 7 heteroatoms. The summed E-state index contributed by atoms with van der Waals surface area (Å²) >= 11 is 0. The predicted molar refractivity (Wildman–Crippen MR) is 120 cm³/mol. The molecule has 2 aromatic carbocycles. The van der Waals surface area contributed by atoms with Gasteiger partial charge >= 0.3 is 0 Å². The molecule has 1 aliphatic carbocycles. The van der Waals surface area contributed by atoms with Crippen molar-refractivity contribution in [3.05, 3.63) is 59.2 Å². The Morgan fingerprint density at radius 2 is 1.90 bits per heavy atom. The first kappa shape index (κ1) is 21.8. The number of fused-ring (bicyclic) bond motifs is 1. The molecule has 2 atom stereocenters. The molecule has 2 aromatic rings. The van der Waals surface area contributed by atoms with E-state index in [-0.39, 0.29) is 28.6 Å². The smallest absolute Gasteiger partial charge is 0.254 e. The number of piperidine rings is 1. The second-order valence-corrected chi connectivity index (χ2v) is 10.4. The molecular formula is C24H30N2O4S. The van der Waals surface area contributed by atoms with Gasteiger partial charge in [0.1, 0.15) is 10.6 Å². The topological polar surface area (TPSA) is 66.9 Å². The Kier molecular flexibility index (Phi) is 6.08. The van der Waals surface area contributed by atoms with Crippen molar-refractivity contribution in [1.82, 2.24) is 9.21 Å². The van der Waals surface area contributed by atoms with Crippen LogP contribution in [0.2, 0.25) is 0 Å². The second-order valence-electron chi connectivity index (χ2n) is 8.50. The Balaban J connectivity index is 1.66. The highest BCUT2D eigenvalue weighted by molar-refractivity contribution is 7.89. The summed E-state index contributed by atoms with van der Waals surface area (Å²) in [6, 6.07) is 12.8. The van der Waals surface area contributed by atoms with Gasteiger partial charge < -0.3 is 9.64 Å². The Morgan fingerprint density at radius 3 is 2.65 bits per heavy atom. The van der Waals surface area contributed by atoms with E-state index in [4.69, 9.17) is 4.74 Å². The molecule has 166 valence electrons. The van der Waals surface area contributed by atoms with E-state index < -0.39 is 10.0 Å². The van der Waals surface area contributed by atoms with Crippen LogP contribution in [-0.2, 0) is 16.4 Å². The number of carbonyl (C=O) groups excluding carboxylic acids is 1. The summed E-state index contributed by atoms with van der Waals surface area (Å²) in [7, 11) is -0.518. The molecule has 4 rings (SSSR count). The molecule has 0 bridgehead atoms. The van der Waals surface area contributed by atoms with Crippen LogP contribution in [0.1, 0.15) is 60.1 Å². The zero-order chi connectivity index (χ0) is 22.2. The number of hydrogen-bond acceptors (Lipinski definition) is 4. The third-order valence-electron chi connectivity index (χ3n) is 6.63. The molecule has 0 N–H and O–H groups in total.